The largest absolute Gasteiger partial charge is 0.493 e. The van der Waals surface area contributed by atoms with Crippen LogP contribution in [0.3, 0.4) is 0 Å². The van der Waals surface area contributed by atoms with E-state index in [1.807, 2.05) is 25.1 Å². The highest BCUT2D eigenvalue weighted by atomic mass is 79.9. The summed E-state index contributed by atoms with van der Waals surface area (Å²) in [6.45, 7) is 2.34. The van der Waals surface area contributed by atoms with E-state index >= 15 is 0 Å². The molecule has 0 spiro atoms. The van der Waals surface area contributed by atoms with Crippen LogP contribution in [-0.4, -0.2) is 19.2 Å². The number of hydrogen-bond donors (Lipinski definition) is 0. The molecule has 0 bridgehead atoms. The number of aromatic nitrogens is 1. The van der Waals surface area contributed by atoms with Crippen molar-refractivity contribution in [3.05, 3.63) is 46.2 Å². The van der Waals surface area contributed by atoms with Crippen LogP contribution in [0.5, 0.6) is 17.2 Å². The number of halogens is 1. The molecule has 1 aromatic carbocycles. The molecule has 0 saturated heterocycles. The van der Waals surface area contributed by atoms with Gasteiger partial charge in [-0.05, 0) is 40.5 Å². The lowest BCUT2D eigenvalue weighted by molar-refractivity contribution is 0.283. The molecule has 0 atom stereocenters. The van der Waals surface area contributed by atoms with Crippen LogP contribution in [-0.2, 0) is 6.61 Å². The molecule has 0 radical (unpaired) electrons. The van der Waals surface area contributed by atoms with Gasteiger partial charge in [-0.3, -0.25) is 4.98 Å². The highest BCUT2D eigenvalue weighted by molar-refractivity contribution is 9.10. The van der Waals surface area contributed by atoms with Crippen molar-refractivity contribution in [2.75, 3.05) is 14.2 Å². The third kappa shape index (κ3) is 3.22. The number of hydrogen-bond acceptors (Lipinski definition) is 4. The van der Waals surface area contributed by atoms with Crippen LogP contribution < -0.4 is 14.2 Å². The molecule has 0 saturated carbocycles. The molecule has 0 aliphatic rings. The molecule has 1 aromatic heterocycles. The number of pyridine rings is 1. The van der Waals surface area contributed by atoms with E-state index in [1.54, 1.807) is 26.5 Å². The molecule has 106 valence electrons. The summed E-state index contributed by atoms with van der Waals surface area (Å²) in [7, 11) is 3.18. The minimum absolute atomic E-state index is 0.308. The normalized spacial score (nSPS) is 10.2. The zero-order valence-corrected chi connectivity index (χ0v) is 13.2. The minimum Gasteiger partial charge on any atom is -0.493 e. The standard InChI is InChI=1S/C15H16BrNO3/c1-10-4-5-13(11(16)8-10)20-9-12-15(19-3)14(18-2)6-7-17-12/h4-8H,9H2,1-3H3. The first-order valence-corrected chi connectivity index (χ1v) is 6.89. The lowest BCUT2D eigenvalue weighted by atomic mass is 10.2. The minimum atomic E-state index is 0.308. The van der Waals surface area contributed by atoms with E-state index in [9.17, 15) is 0 Å². The Morgan fingerprint density at radius 2 is 1.90 bits per heavy atom. The SMILES string of the molecule is COc1ccnc(COc2ccc(C)cc2Br)c1OC. The predicted octanol–water partition coefficient (Wildman–Crippen LogP) is 3.75. The number of rotatable bonds is 5. The quantitative estimate of drug-likeness (QED) is 0.833. The van der Waals surface area contributed by atoms with Crippen molar-refractivity contribution in [1.29, 1.82) is 0 Å². The van der Waals surface area contributed by atoms with E-state index in [0.717, 1.165) is 10.2 Å². The van der Waals surface area contributed by atoms with Gasteiger partial charge in [0.25, 0.3) is 0 Å². The van der Waals surface area contributed by atoms with Gasteiger partial charge in [0.1, 0.15) is 18.1 Å². The van der Waals surface area contributed by atoms with Gasteiger partial charge in [0.15, 0.2) is 11.5 Å². The van der Waals surface area contributed by atoms with Gasteiger partial charge in [-0.1, -0.05) is 6.07 Å². The second kappa shape index (κ2) is 6.61. The molecule has 0 aliphatic heterocycles. The van der Waals surface area contributed by atoms with E-state index in [1.165, 1.54) is 5.56 Å². The lowest BCUT2D eigenvalue weighted by Gasteiger charge is -2.13. The van der Waals surface area contributed by atoms with Crippen LogP contribution in [0.4, 0.5) is 0 Å². The zero-order chi connectivity index (χ0) is 14.5. The second-order valence-corrected chi connectivity index (χ2v) is 5.07. The molecule has 20 heavy (non-hydrogen) atoms. The van der Waals surface area contributed by atoms with E-state index in [0.29, 0.717) is 23.8 Å². The molecule has 0 unspecified atom stereocenters. The Morgan fingerprint density at radius 1 is 1.10 bits per heavy atom. The highest BCUT2D eigenvalue weighted by Crippen LogP contribution is 2.31. The number of ether oxygens (including phenoxy) is 3. The molecule has 5 heteroatoms. The van der Waals surface area contributed by atoms with Gasteiger partial charge in [0, 0.05) is 12.3 Å². The Labute approximate surface area is 126 Å². The average molecular weight is 338 g/mol. The summed E-state index contributed by atoms with van der Waals surface area (Å²) >= 11 is 3.48. The summed E-state index contributed by atoms with van der Waals surface area (Å²) in [4.78, 5) is 4.28. The van der Waals surface area contributed by atoms with Crippen molar-refractivity contribution >= 4 is 15.9 Å². The highest BCUT2D eigenvalue weighted by Gasteiger charge is 2.12. The van der Waals surface area contributed by atoms with Gasteiger partial charge < -0.3 is 14.2 Å². The first-order valence-electron chi connectivity index (χ1n) is 6.10. The fraction of sp³-hybridized carbons (Fsp3) is 0.267. The third-order valence-corrected chi connectivity index (χ3v) is 3.44. The summed E-state index contributed by atoms with van der Waals surface area (Å²) < 4.78 is 17.3. The first-order chi connectivity index (χ1) is 9.65. The maximum absolute atomic E-state index is 5.77. The van der Waals surface area contributed by atoms with Gasteiger partial charge in [-0.15, -0.1) is 0 Å². The molecule has 2 rings (SSSR count). The van der Waals surface area contributed by atoms with Gasteiger partial charge in [-0.25, -0.2) is 0 Å². The van der Waals surface area contributed by atoms with Crippen LogP contribution in [0.25, 0.3) is 0 Å². The van der Waals surface area contributed by atoms with Gasteiger partial charge >= 0.3 is 0 Å². The fourth-order valence-electron chi connectivity index (χ4n) is 1.82. The number of aryl methyl sites for hydroxylation is 1. The molecule has 0 fully saturated rings. The Morgan fingerprint density at radius 3 is 2.55 bits per heavy atom. The molecule has 0 amide bonds. The molecular formula is C15H16BrNO3. The van der Waals surface area contributed by atoms with Crippen molar-refractivity contribution in [1.82, 2.24) is 4.98 Å². The molecule has 2 aromatic rings. The predicted molar refractivity (Wildman–Crippen MR) is 80.6 cm³/mol. The van der Waals surface area contributed by atoms with Crippen molar-refractivity contribution in [2.24, 2.45) is 0 Å². The van der Waals surface area contributed by atoms with Crippen LogP contribution in [0.15, 0.2) is 34.9 Å². The number of methoxy groups -OCH3 is 2. The van der Waals surface area contributed by atoms with Crippen LogP contribution >= 0.6 is 15.9 Å². The summed E-state index contributed by atoms with van der Waals surface area (Å²) in [5, 5.41) is 0. The van der Waals surface area contributed by atoms with Crippen LogP contribution in [0.1, 0.15) is 11.3 Å². The van der Waals surface area contributed by atoms with Gasteiger partial charge in [0.05, 0.1) is 18.7 Å². The van der Waals surface area contributed by atoms with Crippen molar-refractivity contribution < 1.29 is 14.2 Å². The molecule has 1 heterocycles. The summed E-state index contributed by atoms with van der Waals surface area (Å²) in [5.74, 6) is 2.00. The number of nitrogens with zero attached hydrogens (tertiary/aromatic N) is 1. The van der Waals surface area contributed by atoms with E-state index < -0.39 is 0 Å². The molecular weight excluding hydrogens is 322 g/mol. The number of benzene rings is 1. The molecule has 4 nitrogen and oxygen atoms in total. The maximum atomic E-state index is 5.77. The summed E-state index contributed by atoms with van der Waals surface area (Å²) in [5.41, 5.74) is 1.86. The van der Waals surface area contributed by atoms with Gasteiger partial charge in [-0.2, -0.15) is 0 Å². The zero-order valence-electron chi connectivity index (χ0n) is 11.6. The van der Waals surface area contributed by atoms with Crippen LogP contribution in [0.2, 0.25) is 0 Å². The Hall–Kier alpha value is -1.75. The smallest absolute Gasteiger partial charge is 0.185 e. The summed E-state index contributed by atoms with van der Waals surface area (Å²) in [6, 6.07) is 7.68. The maximum Gasteiger partial charge on any atom is 0.185 e. The summed E-state index contributed by atoms with van der Waals surface area (Å²) in [6.07, 6.45) is 1.67. The van der Waals surface area contributed by atoms with Gasteiger partial charge in [0.2, 0.25) is 0 Å². The van der Waals surface area contributed by atoms with Crippen LogP contribution in [0, 0.1) is 6.92 Å². The van der Waals surface area contributed by atoms with Crippen molar-refractivity contribution in [3.8, 4) is 17.2 Å². The van der Waals surface area contributed by atoms with E-state index in [2.05, 4.69) is 20.9 Å². The molecule has 0 N–H and O–H groups in total. The van der Waals surface area contributed by atoms with E-state index in [4.69, 9.17) is 14.2 Å². The lowest BCUT2D eigenvalue weighted by Crippen LogP contribution is -2.03. The van der Waals surface area contributed by atoms with Crippen molar-refractivity contribution in [2.45, 2.75) is 13.5 Å². The van der Waals surface area contributed by atoms with E-state index in [-0.39, 0.29) is 0 Å². The topological polar surface area (TPSA) is 40.6 Å². The first kappa shape index (κ1) is 14.7. The Bertz CT molecular complexity index is 602. The third-order valence-electron chi connectivity index (χ3n) is 2.82. The molecule has 0 aliphatic carbocycles. The van der Waals surface area contributed by atoms with Crippen molar-refractivity contribution in [3.63, 3.8) is 0 Å². The second-order valence-electron chi connectivity index (χ2n) is 4.22. The fourth-order valence-corrected chi connectivity index (χ4v) is 2.43. The Kier molecular flexibility index (Phi) is 4.84. The monoisotopic (exact) mass is 337 g/mol. The average Bonchev–Trinajstić information content (AvgIpc) is 2.45. The Balaban J connectivity index is 2.18.